The summed E-state index contributed by atoms with van der Waals surface area (Å²) >= 11 is 0. The molecule has 10 nitrogen and oxygen atoms in total. The number of esters is 1. The van der Waals surface area contributed by atoms with Crippen LogP contribution in [0.2, 0.25) is 0 Å². The first-order chi connectivity index (χ1) is 16.6. The van der Waals surface area contributed by atoms with Gasteiger partial charge in [0.15, 0.2) is 12.2 Å². The Bertz CT molecular complexity index is 897. The molecule has 0 aromatic rings. The fraction of sp³-hybridized carbons (Fsp3) is 0.577. The van der Waals surface area contributed by atoms with Crippen LogP contribution in [0.1, 0.15) is 48.0 Å². The number of hydrogen-bond donors (Lipinski definition) is 5. The molecule has 0 bridgehead atoms. The van der Waals surface area contributed by atoms with Crippen molar-refractivity contribution < 1.29 is 44.3 Å². The maximum atomic E-state index is 13.0. The monoisotopic (exact) mass is 509 g/mol. The Balaban J connectivity index is 2.91. The van der Waals surface area contributed by atoms with Crippen LogP contribution in [-0.4, -0.2) is 80.4 Å². The van der Waals surface area contributed by atoms with Crippen LogP contribution in [-0.2, 0) is 23.9 Å². The Morgan fingerprint density at radius 2 is 1.75 bits per heavy atom. The molecule has 10 heteroatoms. The lowest BCUT2D eigenvalue weighted by Gasteiger charge is -2.33. The van der Waals surface area contributed by atoms with Crippen LogP contribution in [0.3, 0.4) is 0 Å². The molecule has 0 saturated carbocycles. The molecule has 0 aromatic heterocycles. The third kappa shape index (κ3) is 9.69. The lowest BCUT2D eigenvalue weighted by atomic mass is 9.87. The number of carboxylic acids is 1. The second-order valence-corrected chi connectivity index (χ2v) is 9.71. The smallest absolute Gasteiger partial charge is 0.329 e. The summed E-state index contributed by atoms with van der Waals surface area (Å²) in [5, 5.41) is 42.4. The van der Waals surface area contributed by atoms with Crippen molar-refractivity contribution in [2.24, 2.45) is 5.92 Å². The van der Waals surface area contributed by atoms with Crippen LogP contribution in [0.25, 0.3) is 0 Å². The van der Waals surface area contributed by atoms with Crippen LogP contribution in [0.5, 0.6) is 0 Å². The fourth-order valence-electron chi connectivity index (χ4n) is 3.27. The number of amides is 1. The first kappa shape index (κ1) is 31.2. The van der Waals surface area contributed by atoms with Crippen LogP contribution < -0.4 is 5.32 Å². The Labute approximate surface area is 212 Å². The van der Waals surface area contributed by atoms with E-state index in [1.807, 2.05) is 0 Å². The summed E-state index contributed by atoms with van der Waals surface area (Å²) in [6.07, 6.45) is 5.73. The maximum Gasteiger partial charge on any atom is 0.329 e. The summed E-state index contributed by atoms with van der Waals surface area (Å²) in [4.78, 5) is 36.1. The van der Waals surface area contributed by atoms with Gasteiger partial charge in [0.2, 0.25) is 0 Å². The largest absolute Gasteiger partial charge is 0.478 e. The molecule has 0 spiro atoms. The molecular formula is C26H39NO9. The standard InChI is InChI=1S/C26H39NO9/c1-7-17(4)14-25(5,34)22(31)21(30)23(32)27-20(16(2)3)24(33)36-18(26(6)15-35-26)12-10-8-9-11-13-19(28)29/h7-13,16,18,20-22,30-31,34H,14-15H2,1-6H3,(H,27,32)(H,28,29). The predicted molar refractivity (Wildman–Crippen MR) is 133 cm³/mol. The minimum absolute atomic E-state index is 0.0395. The second kappa shape index (κ2) is 13.5. The van der Waals surface area contributed by atoms with Gasteiger partial charge < -0.3 is 35.2 Å². The average molecular weight is 510 g/mol. The lowest BCUT2D eigenvalue weighted by molar-refractivity contribution is -0.160. The third-order valence-electron chi connectivity index (χ3n) is 5.86. The molecular weight excluding hydrogens is 470 g/mol. The van der Waals surface area contributed by atoms with E-state index in [-0.39, 0.29) is 6.42 Å². The first-order valence-corrected chi connectivity index (χ1v) is 11.7. The Kier molecular flexibility index (Phi) is 11.7. The number of carbonyl (C=O) groups is 3. The van der Waals surface area contributed by atoms with Gasteiger partial charge in [-0.05, 0) is 46.1 Å². The van der Waals surface area contributed by atoms with Crippen molar-refractivity contribution in [3.05, 3.63) is 48.1 Å². The Morgan fingerprint density at radius 1 is 1.17 bits per heavy atom. The number of allylic oxidation sites excluding steroid dienone is 5. The van der Waals surface area contributed by atoms with E-state index in [1.165, 1.54) is 19.1 Å². The molecule has 0 aliphatic carbocycles. The molecule has 6 atom stereocenters. The molecule has 1 heterocycles. The maximum absolute atomic E-state index is 13.0. The predicted octanol–water partition coefficient (Wildman–Crippen LogP) is 1.41. The van der Waals surface area contributed by atoms with Gasteiger partial charge in [-0.25, -0.2) is 9.59 Å². The molecule has 1 aliphatic rings. The highest BCUT2D eigenvalue weighted by molar-refractivity contribution is 5.87. The number of ether oxygens (including phenoxy) is 2. The van der Waals surface area contributed by atoms with Crippen LogP contribution >= 0.6 is 0 Å². The van der Waals surface area contributed by atoms with E-state index in [1.54, 1.807) is 58.9 Å². The van der Waals surface area contributed by atoms with Gasteiger partial charge >= 0.3 is 11.9 Å². The molecule has 5 N–H and O–H groups in total. The number of aliphatic carboxylic acids is 1. The average Bonchev–Trinajstić information content (AvgIpc) is 3.54. The number of epoxide rings is 1. The molecule has 1 fully saturated rings. The molecule has 1 amide bonds. The van der Waals surface area contributed by atoms with E-state index >= 15 is 0 Å². The normalized spacial score (nSPS) is 23.4. The third-order valence-corrected chi connectivity index (χ3v) is 5.86. The van der Waals surface area contributed by atoms with Crippen LogP contribution in [0.15, 0.2) is 48.1 Å². The van der Waals surface area contributed by atoms with Crippen molar-refractivity contribution in [1.82, 2.24) is 5.32 Å². The number of aliphatic hydroxyl groups is 3. The Morgan fingerprint density at radius 3 is 2.25 bits per heavy atom. The highest BCUT2D eigenvalue weighted by atomic mass is 16.6. The lowest BCUT2D eigenvalue weighted by Crippen LogP contribution is -2.56. The van der Waals surface area contributed by atoms with Crippen molar-refractivity contribution >= 4 is 17.8 Å². The molecule has 1 rings (SSSR count). The fourth-order valence-corrected chi connectivity index (χ4v) is 3.27. The molecule has 1 aliphatic heterocycles. The zero-order chi connectivity index (χ0) is 27.7. The van der Waals surface area contributed by atoms with E-state index in [2.05, 4.69) is 5.32 Å². The van der Waals surface area contributed by atoms with Crippen molar-refractivity contribution in [2.75, 3.05) is 6.61 Å². The van der Waals surface area contributed by atoms with Gasteiger partial charge in [-0.15, -0.1) is 0 Å². The van der Waals surface area contributed by atoms with E-state index in [4.69, 9.17) is 14.6 Å². The molecule has 0 radical (unpaired) electrons. The van der Waals surface area contributed by atoms with Gasteiger partial charge in [0.05, 0.1) is 12.2 Å². The van der Waals surface area contributed by atoms with Crippen LogP contribution in [0.4, 0.5) is 0 Å². The van der Waals surface area contributed by atoms with Gasteiger partial charge in [-0.3, -0.25) is 4.79 Å². The molecule has 1 saturated heterocycles. The minimum atomic E-state index is -1.98. The van der Waals surface area contributed by atoms with E-state index in [0.29, 0.717) is 6.61 Å². The molecule has 36 heavy (non-hydrogen) atoms. The second-order valence-electron chi connectivity index (χ2n) is 9.71. The number of carboxylic acid groups (broad SMARTS) is 1. The number of rotatable bonds is 14. The van der Waals surface area contributed by atoms with Gasteiger partial charge in [0.25, 0.3) is 5.91 Å². The number of carbonyl (C=O) groups excluding carboxylic acids is 2. The topological polar surface area (TPSA) is 166 Å². The quantitative estimate of drug-likeness (QED) is 0.0765. The summed E-state index contributed by atoms with van der Waals surface area (Å²) in [7, 11) is 0. The molecule has 202 valence electrons. The van der Waals surface area contributed by atoms with E-state index < -0.39 is 59.3 Å². The zero-order valence-electron chi connectivity index (χ0n) is 21.7. The van der Waals surface area contributed by atoms with Gasteiger partial charge in [0, 0.05) is 6.08 Å². The summed E-state index contributed by atoms with van der Waals surface area (Å²) in [6, 6.07) is -1.14. The van der Waals surface area contributed by atoms with Crippen molar-refractivity contribution in [3.8, 4) is 0 Å². The first-order valence-electron chi connectivity index (χ1n) is 11.7. The number of hydrogen-bond acceptors (Lipinski definition) is 8. The van der Waals surface area contributed by atoms with E-state index in [9.17, 15) is 29.7 Å². The van der Waals surface area contributed by atoms with Crippen molar-refractivity contribution in [2.45, 2.75) is 83.5 Å². The van der Waals surface area contributed by atoms with Crippen molar-refractivity contribution in [3.63, 3.8) is 0 Å². The summed E-state index contributed by atoms with van der Waals surface area (Å²) < 4.78 is 11.0. The minimum Gasteiger partial charge on any atom is -0.478 e. The van der Waals surface area contributed by atoms with Crippen molar-refractivity contribution in [1.29, 1.82) is 0 Å². The van der Waals surface area contributed by atoms with Gasteiger partial charge in [0.1, 0.15) is 17.7 Å². The van der Waals surface area contributed by atoms with E-state index in [0.717, 1.165) is 11.6 Å². The number of aliphatic hydroxyl groups excluding tert-OH is 2. The molecule has 0 aromatic carbocycles. The van der Waals surface area contributed by atoms with Gasteiger partial charge in [-0.1, -0.05) is 49.8 Å². The summed E-state index contributed by atoms with van der Waals surface area (Å²) in [6.45, 7) is 10.3. The summed E-state index contributed by atoms with van der Waals surface area (Å²) in [5.41, 5.74) is -1.76. The summed E-state index contributed by atoms with van der Waals surface area (Å²) in [5.74, 6) is -3.29. The van der Waals surface area contributed by atoms with Gasteiger partial charge in [-0.2, -0.15) is 0 Å². The highest BCUT2D eigenvalue weighted by Crippen LogP contribution is 2.33. The zero-order valence-corrected chi connectivity index (χ0v) is 21.7. The SMILES string of the molecule is CC=C(C)CC(C)(O)C(O)C(O)C(=O)NC(C(=O)OC(C=CC=CC=CC(=O)O)C1(C)CO1)C(C)C. The Hall–Kier alpha value is -2.79. The number of nitrogens with one attached hydrogen (secondary N) is 1. The highest BCUT2D eigenvalue weighted by Gasteiger charge is 2.49. The molecule has 6 unspecified atom stereocenters. The van der Waals surface area contributed by atoms with Crippen LogP contribution in [0, 0.1) is 5.92 Å².